The molecule has 0 aliphatic rings. The van der Waals surface area contributed by atoms with Gasteiger partial charge < -0.3 is 9.84 Å². The van der Waals surface area contributed by atoms with Crippen LogP contribution in [0.2, 0.25) is 0 Å². The molecular formula is C20H19NO3. The molecule has 1 aromatic heterocycles. The van der Waals surface area contributed by atoms with Crippen LogP contribution in [0.4, 0.5) is 0 Å². The van der Waals surface area contributed by atoms with Crippen molar-refractivity contribution in [2.75, 3.05) is 7.11 Å². The summed E-state index contributed by atoms with van der Waals surface area (Å²) in [6.07, 6.45) is 0. The van der Waals surface area contributed by atoms with E-state index in [0.717, 1.165) is 16.6 Å². The number of fused-ring (bicyclic) bond motifs is 1. The van der Waals surface area contributed by atoms with Gasteiger partial charge in [0.15, 0.2) is 0 Å². The SMILES string of the molecule is COc1ccccc1-c1cc(C(=O)O)c2cccc(C(C)C)c2n1. The van der Waals surface area contributed by atoms with E-state index in [2.05, 4.69) is 13.8 Å². The summed E-state index contributed by atoms with van der Waals surface area (Å²) in [6.45, 7) is 4.15. The molecule has 0 aliphatic heterocycles. The third-order valence-corrected chi connectivity index (χ3v) is 4.11. The fourth-order valence-electron chi connectivity index (χ4n) is 2.91. The summed E-state index contributed by atoms with van der Waals surface area (Å²) in [5, 5.41) is 10.3. The molecule has 2 aromatic carbocycles. The molecule has 0 fully saturated rings. The maximum Gasteiger partial charge on any atom is 0.336 e. The second kappa shape index (κ2) is 6.32. The molecular weight excluding hydrogens is 302 g/mol. The van der Waals surface area contributed by atoms with Crippen molar-refractivity contribution in [3.05, 3.63) is 59.7 Å². The van der Waals surface area contributed by atoms with Crippen LogP contribution in [0, 0.1) is 0 Å². The lowest BCUT2D eigenvalue weighted by atomic mass is 9.96. The summed E-state index contributed by atoms with van der Waals surface area (Å²) < 4.78 is 5.40. The predicted octanol–water partition coefficient (Wildman–Crippen LogP) is 4.73. The van der Waals surface area contributed by atoms with Gasteiger partial charge >= 0.3 is 5.97 Å². The normalized spacial score (nSPS) is 11.0. The molecule has 0 atom stereocenters. The second-order valence-electron chi connectivity index (χ2n) is 5.96. The summed E-state index contributed by atoms with van der Waals surface area (Å²) in [6, 6.07) is 14.8. The van der Waals surface area contributed by atoms with Gasteiger partial charge in [0.05, 0.1) is 23.9 Å². The Morgan fingerprint density at radius 2 is 1.88 bits per heavy atom. The molecule has 0 bridgehead atoms. The van der Waals surface area contributed by atoms with Gasteiger partial charge in [-0.1, -0.05) is 44.2 Å². The molecule has 4 heteroatoms. The predicted molar refractivity (Wildman–Crippen MR) is 94.8 cm³/mol. The Labute approximate surface area is 140 Å². The van der Waals surface area contributed by atoms with Gasteiger partial charge in [-0.3, -0.25) is 0 Å². The van der Waals surface area contributed by atoms with Crippen LogP contribution in [-0.4, -0.2) is 23.2 Å². The largest absolute Gasteiger partial charge is 0.496 e. The Bertz CT molecular complexity index is 916. The Morgan fingerprint density at radius 1 is 1.12 bits per heavy atom. The van der Waals surface area contributed by atoms with E-state index in [1.807, 2.05) is 42.5 Å². The maximum atomic E-state index is 11.8. The maximum absolute atomic E-state index is 11.8. The number of hydrogen-bond acceptors (Lipinski definition) is 3. The molecule has 0 radical (unpaired) electrons. The molecule has 1 heterocycles. The van der Waals surface area contributed by atoms with Crippen molar-refractivity contribution < 1.29 is 14.6 Å². The van der Waals surface area contributed by atoms with Gasteiger partial charge in [-0.05, 0) is 29.7 Å². The summed E-state index contributed by atoms with van der Waals surface area (Å²) >= 11 is 0. The zero-order valence-corrected chi connectivity index (χ0v) is 13.9. The van der Waals surface area contributed by atoms with Crippen LogP contribution >= 0.6 is 0 Å². The molecule has 3 aromatic rings. The Balaban J connectivity index is 2.38. The monoisotopic (exact) mass is 321 g/mol. The van der Waals surface area contributed by atoms with Gasteiger partial charge in [0.2, 0.25) is 0 Å². The van der Waals surface area contributed by atoms with E-state index in [0.29, 0.717) is 16.8 Å². The van der Waals surface area contributed by atoms with Crippen LogP contribution in [0.15, 0.2) is 48.5 Å². The first-order chi connectivity index (χ1) is 11.5. The van der Waals surface area contributed by atoms with E-state index in [1.54, 1.807) is 13.2 Å². The van der Waals surface area contributed by atoms with E-state index < -0.39 is 5.97 Å². The third-order valence-electron chi connectivity index (χ3n) is 4.11. The molecule has 0 amide bonds. The zero-order valence-electron chi connectivity index (χ0n) is 13.9. The van der Waals surface area contributed by atoms with Crippen LogP contribution in [0.1, 0.15) is 35.7 Å². The quantitative estimate of drug-likeness (QED) is 0.754. The van der Waals surface area contributed by atoms with E-state index in [-0.39, 0.29) is 11.5 Å². The molecule has 0 saturated heterocycles. The number of aromatic carboxylic acids is 1. The lowest BCUT2D eigenvalue weighted by Gasteiger charge is -2.14. The van der Waals surface area contributed by atoms with Gasteiger partial charge in [0, 0.05) is 10.9 Å². The van der Waals surface area contributed by atoms with Crippen molar-refractivity contribution >= 4 is 16.9 Å². The smallest absolute Gasteiger partial charge is 0.336 e. The zero-order chi connectivity index (χ0) is 17.3. The number of benzene rings is 2. The molecule has 24 heavy (non-hydrogen) atoms. The van der Waals surface area contributed by atoms with Gasteiger partial charge in [0.1, 0.15) is 5.75 Å². The topological polar surface area (TPSA) is 59.4 Å². The number of aromatic nitrogens is 1. The number of methoxy groups -OCH3 is 1. The molecule has 0 spiro atoms. The number of ether oxygens (including phenoxy) is 1. The molecule has 122 valence electrons. The first kappa shape index (κ1) is 16.0. The van der Waals surface area contributed by atoms with Gasteiger partial charge in [-0.25, -0.2) is 9.78 Å². The highest BCUT2D eigenvalue weighted by molar-refractivity contribution is 6.04. The van der Waals surface area contributed by atoms with E-state index >= 15 is 0 Å². The highest BCUT2D eigenvalue weighted by Gasteiger charge is 2.17. The van der Waals surface area contributed by atoms with Crippen molar-refractivity contribution in [3.8, 4) is 17.0 Å². The number of carboxylic acid groups (broad SMARTS) is 1. The Morgan fingerprint density at radius 3 is 2.54 bits per heavy atom. The number of carbonyl (C=O) groups is 1. The van der Waals surface area contributed by atoms with Crippen molar-refractivity contribution in [1.29, 1.82) is 0 Å². The molecule has 0 aliphatic carbocycles. The lowest BCUT2D eigenvalue weighted by Crippen LogP contribution is -2.03. The summed E-state index contributed by atoms with van der Waals surface area (Å²) in [5.41, 5.74) is 3.40. The molecule has 0 saturated carbocycles. The van der Waals surface area contributed by atoms with Crippen LogP contribution in [0.5, 0.6) is 5.75 Å². The fourth-order valence-corrected chi connectivity index (χ4v) is 2.91. The minimum absolute atomic E-state index is 0.246. The number of pyridine rings is 1. The summed E-state index contributed by atoms with van der Waals surface area (Å²) in [5.74, 6) is -0.0436. The average molecular weight is 321 g/mol. The molecule has 0 unspecified atom stereocenters. The molecule has 3 rings (SSSR count). The van der Waals surface area contributed by atoms with E-state index in [4.69, 9.17) is 9.72 Å². The highest BCUT2D eigenvalue weighted by Crippen LogP contribution is 2.33. The lowest BCUT2D eigenvalue weighted by molar-refractivity contribution is 0.0699. The summed E-state index contributed by atoms with van der Waals surface area (Å²) in [4.78, 5) is 16.6. The minimum atomic E-state index is -0.959. The summed E-state index contributed by atoms with van der Waals surface area (Å²) in [7, 11) is 1.59. The van der Waals surface area contributed by atoms with Crippen molar-refractivity contribution in [3.63, 3.8) is 0 Å². The number of rotatable bonds is 4. The standard InChI is InChI=1S/C20H19NO3/c1-12(2)13-8-6-9-14-16(20(22)23)11-17(21-19(13)14)15-7-4-5-10-18(15)24-3/h4-12H,1-3H3,(H,22,23). The first-order valence-corrected chi connectivity index (χ1v) is 7.83. The second-order valence-corrected chi connectivity index (χ2v) is 5.96. The number of para-hydroxylation sites is 2. The molecule has 4 nitrogen and oxygen atoms in total. The van der Waals surface area contributed by atoms with Crippen LogP contribution in [0.3, 0.4) is 0 Å². The average Bonchev–Trinajstić information content (AvgIpc) is 2.59. The van der Waals surface area contributed by atoms with Crippen LogP contribution < -0.4 is 4.74 Å². The Kier molecular flexibility index (Phi) is 4.21. The van der Waals surface area contributed by atoms with Crippen molar-refractivity contribution in [1.82, 2.24) is 4.98 Å². The van der Waals surface area contributed by atoms with Crippen LogP contribution in [-0.2, 0) is 0 Å². The molecule has 1 N–H and O–H groups in total. The van der Waals surface area contributed by atoms with Crippen LogP contribution in [0.25, 0.3) is 22.2 Å². The van der Waals surface area contributed by atoms with Gasteiger partial charge in [0.25, 0.3) is 0 Å². The Hall–Kier alpha value is -2.88. The van der Waals surface area contributed by atoms with Gasteiger partial charge in [-0.15, -0.1) is 0 Å². The highest BCUT2D eigenvalue weighted by atomic mass is 16.5. The fraction of sp³-hybridized carbons (Fsp3) is 0.200. The third kappa shape index (κ3) is 2.71. The van der Waals surface area contributed by atoms with Gasteiger partial charge in [-0.2, -0.15) is 0 Å². The minimum Gasteiger partial charge on any atom is -0.496 e. The van der Waals surface area contributed by atoms with Crippen molar-refractivity contribution in [2.45, 2.75) is 19.8 Å². The number of carboxylic acids is 1. The first-order valence-electron chi connectivity index (χ1n) is 7.83. The van der Waals surface area contributed by atoms with E-state index in [1.165, 1.54) is 0 Å². The van der Waals surface area contributed by atoms with E-state index in [9.17, 15) is 9.90 Å². The number of nitrogens with zero attached hydrogens (tertiary/aromatic N) is 1. The van der Waals surface area contributed by atoms with Crippen molar-refractivity contribution in [2.24, 2.45) is 0 Å². The number of hydrogen-bond donors (Lipinski definition) is 1.